The highest BCUT2D eigenvalue weighted by atomic mass is 32.2. The van der Waals surface area contributed by atoms with Gasteiger partial charge >= 0.3 is 0 Å². The molecule has 0 amide bonds. The molecule has 7 nitrogen and oxygen atoms in total. The number of nitrogens with zero attached hydrogens (tertiary/aromatic N) is 4. The first-order chi connectivity index (χ1) is 15.7. The summed E-state index contributed by atoms with van der Waals surface area (Å²) in [6.45, 7) is 7.89. The first kappa shape index (κ1) is 21.3. The van der Waals surface area contributed by atoms with Gasteiger partial charge in [-0.15, -0.1) is 0 Å². The predicted molar refractivity (Wildman–Crippen MR) is 129 cm³/mol. The van der Waals surface area contributed by atoms with Crippen molar-refractivity contribution >= 4 is 29.2 Å². The molecule has 168 valence electrons. The smallest absolute Gasteiger partial charge is 0.153 e. The molecule has 5 rings (SSSR count). The number of hydrogen-bond donors (Lipinski definition) is 2. The lowest BCUT2D eigenvalue weighted by atomic mass is 10.0. The van der Waals surface area contributed by atoms with E-state index in [4.69, 9.17) is 9.72 Å². The SMILES string of the molecule is Cc1cc(Nc2cc(Sc3ccccc3)cc(N3CCC(N4CCOCC4)CC3)n2)n[nH]1. The van der Waals surface area contributed by atoms with Crippen LogP contribution in [0.15, 0.2) is 58.3 Å². The first-order valence-electron chi connectivity index (χ1n) is 11.3. The summed E-state index contributed by atoms with van der Waals surface area (Å²) in [4.78, 5) is 12.4. The van der Waals surface area contributed by atoms with Crippen molar-refractivity contribution in [3.05, 3.63) is 54.2 Å². The molecule has 0 atom stereocenters. The summed E-state index contributed by atoms with van der Waals surface area (Å²) in [6.07, 6.45) is 2.33. The van der Waals surface area contributed by atoms with Crippen LogP contribution in [0, 0.1) is 6.92 Å². The van der Waals surface area contributed by atoms with E-state index in [-0.39, 0.29) is 0 Å². The third-order valence-corrected chi connectivity index (χ3v) is 7.06. The quantitative estimate of drug-likeness (QED) is 0.580. The zero-order chi connectivity index (χ0) is 21.8. The minimum absolute atomic E-state index is 0.654. The summed E-state index contributed by atoms with van der Waals surface area (Å²) in [5.74, 6) is 2.64. The van der Waals surface area contributed by atoms with Gasteiger partial charge in [-0.1, -0.05) is 30.0 Å². The van der Waals surface area contributed by atoms with Gasteiger partial charge in [0.2, 0.25) is 0 Å². The van der Waals surface area contributed by atoms with Gasteiger partial charge in [0, 0.05) is 53.8 Å². The second-order valence-corrected chi connectivity index (χ2v) is 9.54. The van der Waals surface area contributed by atoms with Gasteiger partial charge in [-0.05, 0) is 44.0 Å². The highest BCUT2D eigenvalue weighted by Gasteiger charge is 2.26. The normalized spacial score (nSPS) is 18.1. The molecule has 0 saturated carbocycles. The summed E-state index contributed by atoms with van der Waals surface area (Å²) in [6, 6.07) is 17.4. The second-order valence-electron chi connectivity index (χ2n) is 8.39. The fraction of sp³-hybridized carbons (Fsp3) is 0.417. The van der Waals surface area contributed by atoms with Crippen molar-refractivity contribution < 1.29 is 4.74 Å². The zero-order valence-electron chi connectivity index (χ0n) is 18.5. The number of nitrogens with one attached hydrogen (secondary N) is 2. The molecule has 2 fully saturated rings. The number of anilines is 3. The zero-order valence-corrected chi connectivity index (χ0v) is 19.3. The lowest BCUT2D eigenvalue weighted by Crippen LogP contribution is -2.49. The Kier molecular flexibility index (Phi) is 6.61. The third-order valence-electron chi connectivity index (χ3n) is 6.08. The number of pyridine rings is 1. The predicted octanol–water partition coefficient (Wildman–Crippen LogP) is 4.31. The van der Waals surface area contributed by atoms with Crippen molar-refractivity contribution in [3.8, 4) is 0 Å². The Morgan fingerprint density at radius 3 is 2.47 bits per heavy atom. The summed E-state index contributed by atoms with van der Waals surface area (Å²) in [5, 5.41) is 10.7. The molecule has 0 spiro atoms. The number of piperidine rings is 1. The van der Waals surface area contributed by atoms with Crippen LogP contribution in [0.5, 0.6) is 0 Å². The molecule has 0 radical (unpaired) electrons. The molecule has 3 aromatic rings. The van der Waals surface area contributed by atoms with Crippen LogP contribution in [0.25, 0.3) is 0 Å². The van der Waals surface area contributed by atoms with Gasteiger partial charge in [0.15, 0.2) is 5.82 Å². The summed E-state index contributed by atoms with van der Waals surface area (Å²) in [7, 11) is 0. The Morgan fingerprint density at radius 1 is 0.969 bits per heavy atom. The van der Waals surface area contributed by atoms with E-state index < -0.39 is 0 Å². The number of hydrogen-bond acceptors (Lipinski definition) is 7. The largest absolute Gasteiger partial charge is 0.379 e. The number of aromatic nitrogens is 3. The van der Waals surface area contributed by atoms with Gasteiger partial charge in [-0.2, -0.15) is 5.10 Å². The second kappa shape index (κ2) is 9.94. The minimum Gasteiger partial charge on any atom is -0.379 e. The Labute approximate surface area is 193 Å². The van der Waals surface area contributed by atoms with E-state index in [1.165, 1.54) is 22.6 Å². The van der Waals surface area contributed by atoms with Gasteiger partial charge in [-0.25, -0.2) is 4.98 Å². The molecule has 2 aliphatic rings. The number of benzene rings is 1. The van der Waals surface area contributed by atoms with Gasteiger partial charge in [0.05, 0.1) is 13.2 Å². The van der Waals surface area contributed by atoms with Crippen LogP contribution < -0.4 is 10.2 Å². The average molecular weight is 451 g/mol. The fourth-order valence-corrected chi connectivity index (χ4v) is 5.32. The molecule has 2 N–H and O–H groups in total. The highest BCUT2D eigenvalue weighted by Crippen LogP contribution is 2.33. The van der Waals surface area contributed by atoms with Crippen molar-refractivity contribution in [3.63, 3.8) is 0 Å². The maximum atomic E-state index is 5.53. The lowest BCUT2D eigenvalue weighted by Gasteiger charge is -2.40. The average Bonchev–Trinajstić information content (AvgIpc) is 3.24. The molecular weight excluding hydrogens is 420 g/mol. The van der Waals surface area contributed by atoms with Crippen LogP contribution in [-0.4, -0.2) is 65.5 Å². The van der Waals surface area contributed by atoms with E-state index in [0.717, 1.165) is 62.5 Å². The monoisotopic (exact) mass is 450 g/mol. The summed E-state index contributed by atoms with van der Waals surface area (Å²) < 4.78 is 5.53. The van der Waals surface area contributed by atoms with Crippen molar-refractivity contribution in [1.29, 1.82) is 0 Å². The number of morpholine rings is 1. The molecule has 0 bridgehead atoms. The van der Waals surface area contributed by atoms with Crippen LogP contribution in [-0.2, 0) is 4.74 Å². The molecule has 32 heavy (non-hydrogen) atoms. The van der Waals surface area contributed by atoms with Gasteiger partial charge in [-0.3, -0.25) is 10.00 Å². The number of rotatable bonds is 6. The maximum absolute atomic E-state index is 5.53. The lowest BCUT2D eigenvalue weighted by molar-refractivity contribution is 0.0115. The maximum Gasteiger partial charge on any atom is 0.153 e. The molecule has 2 saturated heterocycles. The third kappa shape index (κ3) is 5.26. The topological polar surface area (TPSA) is 69.3 Å². The Balaban J connectivity index is 1.34. The van der Waals surface area contributed by atoms with E-state index in [2.05, 4.69) is 61.7 Å². The Hall–Kier alpha value is -2.55. The first-order valence-corrected chi connectivity index (χ1v) is 12.2. The van der Waals surface area contributed by atoms with Crippen LogP contribution in [0.4, 0.5) is 17.5 Å². The van der Waals surface area contributed by atoms with E-state index in [9.17, 15) is 0 Å². The van der Waals surface area contributed by atoms with E-state index in [1.807, 2.05) is 19.1 Å². The molecule has 1 aromatic carbocycles. The Bertz CT molecular complexity index is 1010. The number of aryl methyl sites for hydroxylation is 1. The van der Waals surface area contributed by atoms with Crippen molar-refractivity contribution in [2.24, 2.45) is 0 Å². The highest BCUT2D eigenvalue weighted by molar-refractivity contribution is 7.99. The van der Waals surface area contributed by atoms with Crippen molar-refractivity contribution in [1.82, 2.24) is 20.1 Å². The van der Waals surface area contributed by atoms with Crippen LogP contribution in [0.1, 0.15) is 18.5 Å². The van der Waals surface area contributed by atoms with Crippen LogP contribution >= 0.6 is 11.8 Å². The van der Waals surface area contributed by atoms with Gasteiger partial charge in [0.25, 0.3) is 0 Å². The molecule has 2 aromatic heterocycles. The van der Waals surface area contributed by atoms with Crippen LogP contribution in [0.3, 0.4) is 0 Å². The van der Waals surface area contributed by atoms with E-state index in [1.54, 1.807) is 11.8 Å². The molecule has 8 heteroatoms. The summed E-state index contributed by atoms with van der Waals surface area (Å²) >= 11 is 1.76. The Morgan fingerprint density at radius 2 is 1.75 bits per heavy atom. The standard InChI is InChI=1S/C24H30N6OS/c1-18-15-23(28-27-18)25-22-16-21(32-20-5-3-2-4-6-20)17-24(26-22)30-9-7-19(8-10-30)29-11-13-31-14-12-29/h2-6,15-17,19H,7-14H2,1H3,(H2,25,26,27,28). The molecule has 2 aliphatic heterocycles. The molecule has 0 unspecified atom stereocenters. The van der Waals surface area contributed by atoms with Crippen molar-refractivity contribution in [2.75, 3.05) is 49.6 Å². The van der Waals surface area contributed by atoms with Gasteiger partial charge in [0.1, 0.15) is 11.6 Å². The van der Waals surface area contributed by atoms with Gasteiger partial charge < -0.3 is 15.0 Å². The molecule has 0 aliphatic carbocycles. The van der Waals surface area contributed by atoms with Crippen molar-refractivity contribution in [2.45, 2.75) is 35.6 Å². The van der Waals surface area contributed by atoms with Crippen LogP contribution in [0.2, 0.25) is 0 Å². The molecule has 4 heterocycles. The molecular formula is C24H30N6OS. The fourth-order valence-electron chi connectivity index (χ4n) is 4.42. The number of ether oxygens (including phenoxy) is 1. The minimum atomic E-state index is 0.654. The van der Waals surface area contributed by atoms with E-state index >= 15 is 0 Å². The number of aromatic amines is 1. The summed E-state index contributed by atoms with van der Waals surface area (Å²) in [5.41, 5.74) is 1.02. The van der Waals surface area contributed by atoms with E-state index in [0.29, 0.717) is 6.04 Å². The number of H-pyrrole nitrogens is 1.